The van der Waals surface area contributed by atoms with Gasteiger partial charge in [0.15, 0.2) is 5.82 Å². The van der Waals surface area contributed by atoms with Crippen LogP contribution in [-0.4, -0.2) is 21.7 Å². The van der Waals surface area contributed by atoms with Crippen LogP contribution in [-0.2, 0) is 12.8 Å². The molecule has 6 heteroatoms. The molecule has 0 saturated heterocycles. The van der Waals surface area contributed by atoms with Gasteiger partial charge in [0.25, 0.3) is 0 Å². The average molecular weight is 266 g/mol. The molecule has 0 saturated carbocycles. The van der Waals surface area contributed by atoms with Gasteiger partial charge in [0.05, 0.1) is 6.42 Å². The molecule has 5 nitrogen and oxygen atoms in total. The van der Waals surface area contributed by atoms with Crippen molar-refractivity contribution in [1.82, 2.24) is 15.1 Å². The van der Waals surface area contributed by atoms with Gasteiger partial charge in [-0.15, -0.1) is 11.3 Å². The lowest BCUT2D eigenvalue weighted by Crippen LogP contribution is -2.16. The smallest absolute Gasteiger partial charge is 0.226 e. The van der Waals surface area contributed by atoms with E-state index in [4.69, 9.17) is 10.3 Å². The van der Waals surface area contributed by atoms with Crippen LogP contribution in [0.3, 0.4) is 0 Å². The molecule has 0 aliphatic rings. The molecule has 0 amide bonds. The lowest BCUT2D eigenvalue weighted by molar-refractivity contribution is 0.347. The highest BCUT2D eigenvalue weighted by molar-refractivity contribution is 7.09. The number of nitrogens with zero attached hydrogens (tertiary/aromatic N) is 3. The van der Waals surface area contributed by atoms with Gasteiger partial charge in [-0.05, 0) is 19.4 Å². The van der Waals surface area contributed by atoms with Crippen molar-refractivity contribution in [2.75, 3.05) is 6.54 Å². The molecule has 0 fully saturated rings. The minimum absolute atomic E-state index is 0.417. The minimum Gasteiger partial charge on any atom is -0.339 e. The van der Waals surface area contributed by atoms with E-state index in [9.17, 15) is 0 Å². The molecule has 18 heavy (non-hydrogen) atoms. The molecule has 2 aromatic heterocycles. The first-order valence-electron chi connectivity index (χ1n) is 6.13. The Kier molecular flexibility index (Phi) is 4.43. The largest absolute Gasteiger partial charge is 0.339 e. The number of aryl methyl sites for hydroxylation is 1. The number of aromatic nitrogens is 3. The quantitative estimate of drug-likeness (QED) is 0.864. The predicted octanol–water partition coefficient (Wildman–Crippen LogP) is 1.95. The molecule has 0 aliphatic carbocycles. The van der Waals surface area contributed by atoms with Crippen molar-refractivity contribution in [3.63, 3.8) is 0 Å². The van der Waals surface area contributed by atoms with Crippen LogP contribution in [0, 0.1) is 12.8 Å². The zero-order valence-corrected chi connectivity index (χ0v) is 11.5. The van der Waals surface area contributed by atoms with Crippen molar-refractivity contribution in [3.05, 3.63) is 27.8 Å². The highest BCUT2D eigenvalue weighted by Crippen LogP contribution is 2.14. The second-order valence-electron chi connectivity index (χ2n) is 4.38. The minimum atomic E-state index is 0.417. The molecule has 2 N–H and O–H groups in total. The number of rotatable bonds is 6. The number of nitrogens with two attached hydrogens (primary N) is 1. The van der Waals surface area contributed by atoms with E-state index in [2.05, 4.69) is 22.0 Å². The Morgan fingerprint density at radius 2 is 2.28 bits per heavy atom. The van der Waals surface area contributed by atoms with E-state index in [1.165, 1.54) is 0 Å². The molecule has 1 atom stereocenters. The van der Waals surface area contributed by atoms with Crippen molar-refractivity contribution < 1.29 is 4.52 Å². The highest BCUT2D eigenvalue weighted by atomic mass is 32.1. The zero-order valence-electron chi connectivity index (χ0n) is 10.7. The molecule has 2 heterocycles. The third-order valence-electron chi connectivity index (χ3n) is 2.86. The van der Waals surface area contributed by atoms with Gasteiger partial charge in [0, 0.05) is 17.5 Å². The topological polar surface area (TPSA) is 77.8 Å². The van der Waals surface area contributed by atoms with Crippen LogP contribution in [0.2, 0.25) is 0 Å². The summed E-state index contributed by atoms with van der Waals surface area (Å²) >= 11 is 1.62. The molecule has 2 rings (SSSR count). The van der Waals surface area contributed by atoms with Crippen molar-refractivity contribution in [2.45, 2.75) is 33.1 Å². The van der Waals surface area contributed by atoms with Gasteiger partial charge in [0.2, 0.25) is 5.89 Å². The van der Waals surface area contributed by atoms with Gasteiger partial charge in [-0.1, -0.05) is 18.5 Å². The van der Waals surface area contributed by atoms with Crippen LogP contribution in [0.1, 0.15) is 35.8 Å². The molecule has 0 aromatic carbocycles. The third kappa shape index (κ3) is 3.36. The van der Waals surface area contributed by atoms with Gasteiger partial charge in [-0.2, -0.15) is 4.98 Å². The predicted molar refractivity (Wildman–Crippen MR) is 70.5 cm³/mol. The summed E-state index contributed by atoms with van der Waals surface area (Å²) in [5.74, 6) is 1.79. The lowest BCUT2D eigenvalue weighted by atomic mass is 10.0. The summed E-state index contributed by atoms with van der Waals surface area (Å²) in [5.41, 5.74) is 6.70. The van der Waals surface area contributed by atoms with Crippen LogP contribution in [0.5, 0.6) is 0 Å². The highest BCUT2D eigenvalue weighted by Gasteiger charge is 2.13. The maximum atomic E-state index is 5.67. The Bertz CT molecular complexity index is 490. The summed E-state index contributed by atoms with van der Waals surface area (Å²) in [7, 11) is 0. The number of hydrogen-bond donors (Lipinski definition) is 1. The first-order chi connectivity index (χ1) is 8.71. The molecule has 0 spiro atoms. The second-order valence-corrected chi connectivity index (χ2v) is 5.32. The van der Waals surface area contributed by atoms with E-state index in [0.29, 0.717) is 30.6 Å². The fourth-order valence-corrected chi connectivity index (χ4v) is 2.47. The van der Waals surface area contributed by atoms with Gasteiger partial charge >= 0.3 is 0 Å². The first-order valence-corrected chi connectivity index (χ1v) is 7.01. The molecule has 0 aliphatic heterocycles. The van der Waals surface area contributed by atoms with E-state index >= 15 is 0 Å². The van der Waals surface area contributed by atoms with Crippen LogP contribution in [0.4, 0.5) is 0 Å². The number of hydrogen-bond acceptors (Lipinski definition) is 6. The summed E-state index contributed by atoms with van der Waals surface area (Å²) in [6.45, 7) is 4.75. The Morgan fingerprint density at radius 3 is 2.89 bits per heavy atom. The molecule has 1 unspecified atom stereocenters. The average Bonchev–Trinajstić information content (AvgIpc) is 2.96. The van der Waals surface area contributed by atoms with Crippen LogP contribution in [0.15, 0.2) is 9.90 Å². The fourth-order valence-electron chi connectivity index (χ4n) is 1.71. The monoisotopic (exact) mass is 266 g/mol. The zero-order chi connectivity index (χ0) is 13.0. The second kappa shape index (κ2) is 6.06. The van der Waals surface area contributed by atoms with Crippen molar-refractivity contribution >= 4 is 11.3 Å². The number of thiazole rings is 1. The van der Waals surface area contributed by atoms with E-state index in [1.807, 2.05) is 12.3 Å². The molecular formula is C12H18N4OS. The summed E-state index contributed by atoms with van der Waals surface area (Å²) in [6, 6.07) is 0. The molecule has 98 valence electrons. The van der Waals surface area contributed by atoms with E-state index in [-0.39, 0.29) is 0 Å². The summed E-state index contributed by atoms with van der Waals surface area (Å²) in [6.07, 6.45) is 2.43. The van der Waals surface area contributed by atoms with Gasteiger partial charge in [-0.25, -0.2) is 4.98 Å². The maximum absolute atomic E-state index is 5.67. The van der Waals surface area contributed by atoms with Crippen LogP contribution in [0.25, 0.3) is 0 Å². The van der Waals surface area contributed by atoms with E-state index in [0.717, 1.165) is 23.5 Å². The summed E-state index contributed by atoms with van der Waals surface area (Å²) < 4.78 is 5.24. The fraction of sp³-hybridized carbons (Fsp3) is 0.583. The third-order valence-corrected chi connectivity index (χ3v) is 3.83. The van der Waals surface area contributed by atoms with Gasteiger partial charge < -0.3 is 10.3 Å². The Labute approximate surface area is 110 Å². The maximum Gasteiger partial charge on any atom is 0.226 e. The van der Waals surface area contributed by atoms with Crippen LogP contribution >= 0.6 is 11.3 Å². The first kappa shape index (κ1) is 13.2. The normalized spacial score (nSPS) is 12.8. The Hall–Kier alpha value is -1.27. The summed E-state index contributed by atoms with van der Waals surface area (Å²) in [4.78, 5) is 8.77. The van der Waals surface area contributed by atoms with Crippen molar-refractivity contribution in [3.8, 4) is 0 Å². The SMILES string of the molecule is CCC(CN)Cc1nc(Cc2nc(C)cs2)no1. The van der Waals surface area contributed by atoms with Gasteiger partial charge in [-0.3, -0.25) is 0 Å². The van der Waals surface area contributed by atoms with E-state index in [1.54, 1.807) is 11.3 Å². The molecular weight excluding hydrogens is 248 g/mol. The molecule has 2 aromatic rings. The van der Waals surface area contributed by atoms with Crippen molar-refractivity contribution in [2.24, 2.45) is 11.7 Å². The Balaban J connectivity index is 1.97. The van der Waals surface area contributed by atoms with E-state index < -0.39 is 0 Å². The molecule has 0 bridgehead atoms. The van der Waals surface area contributed by atoms with Crippen molar-refractivity contribution in [1.29, 1.82) is 0 Å². The standard InChI is InChI=1S/C12H18N4OS/c1-3-9(6-13)4-11-15-10(16-17-11)5-12-14-8(2)7-18-12/h7,9H,3-6,13H2,1-2H3. The molecule has 0 radical (unpaired) electrons. The van der Waals surface area contributed by atoms with Gasteiger partial charge in [0.1, 0.15) is 5.01 Å². The lowest BCUT2D eigenvalue weighted by Gasteiger charge is -2.07. The summed E-state index contributed by atoms with van der Waals surface area (Å²) in [5, 5.41) is 7.03. The Morgan fingerprint density at radius 1 is 1.44 bits per heavy atom. The van der Waals surface area contributed by atoms with Crippen LogP contribution < -0.4 is 5.73 Å².